The number of fused-ring (bicyclic) bond motifs is 1. The topological polar surface area (TPSA) is 43.6 Å². The molecule has 0 spiro atoms. The lowest BCUT2D eigenvalue weighted by Gasteiger charge is -2.30. The van der Waals surface area contributed by atoms with E-state index < -0.39 is 12.1 Å². The van der Waals surface area contributed by atoms with E-state index in [1.165, 1.54) is 0 Å². The first-order chi connectivity index (χ1) is 13.3. The monoisotopic (exact) mass is 428 g/mol. The maximum atomic E-state index is 12.9. The molecule has 1 saturated carbocycles. The number of benzene rings is 1. The van der Waals surface area contributed by atoms with Crippen LogP contribution in [0.1, 0.15) is 25.7 Å². The predicted molar refractivity (Wildman–Crippen MR) is 102 cm³/mol. The van der Waals surface area contributed by atoms with Crippen molar-refractivity contribution in [3.05, 3.63) is 40.9 Å². The molecule has 4 rings (SSSR count). The molecular formula is C19H17Cl2F3N4. The third-order valence-electron chi connectivity index (χ3n) is 5.31. The molecule has 1 fully saturated rings. The van der Waals surface area contributed by atoms with Gasteiger partial charge in [0, 0.05) is 17.1 Å². The Hall–Kier alpha value is -1.86. The van der Waals surface area contributed by atoms with E-state index in [4.69, 9.17) is 23.2 Å². The summed E-state index contributed by atoms with van der Waals surface area (Å²) >= 11 is 12.2. The molecule has 1 aliphatic carbocycles. The number of aromatic nitrogens is 4. The van der Waals surface area contributed by atoms with Crippen molar-refractivity contribution in [2.75, 3.05) is 0 Å². The molecule has 0 aliphatic heterocycles. The zero-order chi connectivity index (χ0) is 19.9. The second-order valence-corrected chi connectivity index (χ2v) is 7.95. The van der Waals surface area contributed by atoms with Crippen LogP contribution >= 0.6 is 23.2 Å². The zero-order valence-electron chi connectivity index (χ0n) is 14.8. The first-order valence-corrected chi connectivity index (χ1v) is 9.78. The molecule has 2 heterocycles. The average molecular weight is 429 g/mol. The minimum absolute atomic E-state index is 0.0819. The van der Waals surface area contributed by atoms with Crippen molar-refractivity contribution in [1.82, 2.24) is 19.5 Å². The Morgan fingerprint density at radius 3 is 2.50 bits per heavy atom. The molecule has 9 heteroatoms. The summed E-state index contributed by atoms with van der Waals surface area (Å²) in [6.45, 7) is 0.569. The summed E-state index contributed by atoms with van der Waals surface area (Å²) in [7, 11) is 0. The van der Waals surface area contributed by atoms with Gasteiger partial charge in [0.15, 0.2) is 5.65 Å². The molecular weight excluding hydrogens is 412 g/mol. The lowest BCUT2D eigenvalue weighted by Crippen LogP contribution is -2.29. The van der Waals surface area contributed by atoms with E-state index in [-0.39, 0.29) is 24.0 Å². The van der Waals surface area contributed by atoms with Gasteiger partial charge in [-0.3, -0.25) is 0 Å². The number of alkyl halides is 3. The van der Waals surface area contributed by atoms with Crippen LogP contribution in [0.25, 0.3) is 22.4 Å². The minimum Gasteiger partial charge on any atom is -0.327 e. The lowest BCUT2D eigenvalue weighted by molar-refractivity contribution is -0.184. The standard InChI is InChI=1S/C19H17Cl2F3N4/c20-14-3-1-2-12(8-14)15-16-17(27-18(21)26-15)25-10-28(16)9-11-4-6-13(7-5-11)19(22,23)24/h1-3,8,10-11,13H,4-7,9H2. The highest BCUT2D eigenvalue weighted by Crippen LogP contribution is 2.40. The fourth-order valence-corrected chi connectivity index (χ4v) is 4.23. The average Bonchev–Trinajstić information content (AvgIpc) is 3.03. The van der Waals surface area contributed by atoms with E-state index in [2.05, 4.69) is 15.0 Å². The third kappa shape index (κ3) is 3.96. The summed E-state index contributed by atoms with van der Waals surface area (Å²) < 4.78 is 40.6. The molecule has 0 saturated heterocycles. The van der Waals surface area contributed by atoms with Gasteiger partial charge in [-0.25, -0.2) is 9.97 Å². The van der Waals surface area contributed by atoms with Crippen molar-refractivity contribution in [3.8, 4) is 11.3 Å². The molecule has 0 bridgehead atoms. The predicted octanol–water partition coefficient (Wildman–Crippen LogP) is 6.17. The number of imidazole rings is 1. The normalized spacial score (nSPS) is 20.6. The molecule has 4 nitrogen and oxygen atoms in total. The van der Waals surface area contributed by atoms with Crippen LogP contribution in [0.5, 0.6) is 0 Å². The summed E-state index contributed by atoms with van der Waals surface area (Å²) in [6, 6.07) is 7.24. The van der Waals surface area contributed by atoms with Gasteiger partial charge in [0.05, 0.1) is 12.2 Å². The number of halogens is 5. The summed E-state index contributed by atoms with van der Waals surface area (Å²) in [4.78, 5) is 12.9. The number of rotatable bonds is 3. The maximum Gasteiger partial charge on any atom is 0.391 e. The van der Waals surface area contributed by atoms with Crippen molar-refractivity contribution >= 4 is 34.4 Å². The van der Waals surface area contributed by atoms with Crippen LogP contribution in [0.15, 0.2) is 30.6 Å². The van der Waals surface area contributed by atoms with Gasteiger partial charge in [-0.15, -0.1) is 0 Å². The van der Waals surface area contributed by atoms with Crippen molar-refractivity contribution in [3.63, 3.8) is 0 Å². The zero-order valence-corrected chi connectivity index (χ0v) is 16.3. The molecule has 28 heavy (non-hydrogen) atoms. The SMILES string of the molecule is FC(F)(F)C1CCC(Cn2cnc3nc(Cl)nc(-c4cccc(Cl)c4)c32)CC1. The van der Waals surface area contributed by atoms with Crippen molar-refractivity contribution in [2.45, 2.75) is 38.4 Å². The third-order valence-corrected chi connectivity index (χ3v) is 5.71. The number of hydrogen-bond donors (Lipinski definition) is 0. The van der Waals surface area contributed by atoms with Crippen molar-refractivity contribution in [2.24, 2.45) is 11.8 Å². The summed E-state index contributed by atoms with van der Waals surface area (Å²) in [5.41, 5.74) is 2.56. The molecule has 2 aromatic heterocycles. The van der Waals surface area contributed by atoms with Crippen LogP contribution in [0, 0.1) is 11.8 Å². The maximum absolute atomic E-state index is 12.9. The highest BCUT2D eigenvalue weighted by Gasteiger charge is 2.41. The Labute approximate surface area is 169 Å². The van der Waals surface area contributed by atoms with Crippen LogP contribution in [-0.4, -0.2) is 25.7 Å². The van der Waals surface area contributed by atoms with Gasteiger partial charge in [-0.1, -0.05) is 23.7 Å². The van der Waals surface area contributed by atoms with Crippen molar-refractivity contribution in [1.29, 1.82) is 0 Å². The van der Waals surface area contributed by atoms with E-state index in [1.807, 2.05) is 16.7 Å². The highest BCUT2D eigenvalue weighted by atomic mass is 35.5. The minimum atomic E-state index is -4.10. The van der Waals surface area contributed by atoms with Gasteiger partial charge in [-0.05, 0) is 55.3 Å². The van der Waals surface area contributed by atoms with Crippen LogP contribution in [0.2, 0.25) is 10.3 Å². The number of hydrogen-bond acceptors (Lipinski definition) is 3. The van der Waals surface area contributed by atoms with Gasteiger partial charge in [0.2, 0.25) is 5.28 Å². The molecule has 1 aromatic carbocycles. The highest BCUT2D eigenvalue weighted by molar-refractivity contribution is 6.31. The summed E-state index contributed by atoms with van der Waals surface area (Å²) in [5, 5.41) is 0.648. The molecule has 0 atom stereocenters. The van der Waals surface area contributed by atoms with Crippen molar-refractivity contribution < 1.29 is 13.2 Å². The summed E-state index contributed by atoms with van der Waals surface area (Å²) in [5.74, 6) is -1.04. The Bertz CT molecular complexity index is 994. The first kappa shape index (κ1) is 19.5. The summed E-state index contributed by atoms with van der Waals surface area (Å²) in [6.07, 6.45) is -1.04. The van der Waals surface area contributed by atoms with E-state index >= 15 is 0 Å². The van der Waals surface area contributed by atoms with Gasteiger partial charge < -0.3 is 4.57 Å². The largest absolute Gasteiger partial charge is 0.391 e. The van der Waals surface area contributed by atoms with Gasteiger partial charge in [-0.2, -0.15) is 18.2 Å². The van der Waals surface area contributed by atoms with E-state index in [1.54, 1.807) is 18.5 Å². The Kier molecular flexibility index (Phi) is 5.22. The Balaban J connectivity index is 1.64. The quantitative estimate of drug-likeness (QED) is 0.468. The molecule has 0 amide bonds. The molecule has 0 unspecified atom stereocenters. The van der Waals surface area contributed by atoms with Crippen LogP contribution < -0.4 is 0 Å². The molecule has 1 aliphatic rings. The second kappa shape index (κ2) is 7.52. The smallest absolute Gasteiger partial charge is 0.327 e. The van der Waals surface area contributed by atoms with Crippen LogP contribution in [-0.2, 0) is 6.54 Å². The first-order valence-electron chi connectivity index (χ1n) is 9.02. The van der Waals surface area contributed by atoms with E-state index in [0.29, 0.717) is 41.3 Å². The van der Waals surface area contributed by atoms with Gasteiger partial charge in [0.25, 0.3) is 0 Å². The van der Waals surface area contributed by atoms with Crippen LogP contribution in [0.4, 0.5) is 13.2 Å². The van der Waals surface area contributed by atoms with Gasteiger partial charge in [0.1, 0.15) is 11.2 Å². The fraction of sp³-hybridized carbons (Fsp3) is 0.421. The molecule has 3 aromatic rings. The van der Waals surface area contributed by atoms with Crippen LogP contribution in [0.3, 0.4) is 0 Å². The van der Waals surface area contributed by atoms with Gasteiger partial charge >= 0.3 is 6.18 Å². The second-order valence-electron chi connectivity index (χ2n) is 7.18. The molecule has 148 valence electrons. The Morgan fingerprint density at radius 2 is 1.82 bits per heavy atom. The lowest BCUT2D eigenvalue weighted by atomic mass is 9.81. The molecule has 0 N–H and O–H groups in total. The molecule has 0 radical (unpaired) electrons. The number of nitrogens with zero attached hydrogens (tertiary/aromatic N) is 4. The Morgan fingerprint density at radius 1 is 1.07 bits per heavy atom. The van der Waals surface area contributed by atoms with E-state index in [9.17, 15) is 13.2 Å². The van der Waals surface area contributed by atoms with E-state index in [0.717, 1.165) is 5.56 Å². The fourth-order valence-electron chi connectivity index (χ4n) is 3.88.